The summed E-state index contributed by atoms with van der Waals surface area (Å²) in [5, 5.41) is 0. The Bertz CT molecular complexity index is 321. The van der Waals surface area contributed by atoms with Crippen LogP contribution < -0.4 is 11.5 Å². The van der Waals surface area contributed by atoms with Crippen LogP contribution in [-0.4, -0.2) is 0 Å². The molecule has 0 radical (unpaired) electrons. The van der Waals surface area contributed by atoms with E-state index in [-0.39, 0.29) is 11.5 Å². The maximum atomic E-state index is 13.4. The molecule has 0 atom stereocenters. The molecule has 2 nitrogen and oxygen atoms in total. The second kappa shape index (κ2) is 3.64. The Kier molecular flexibility index (Phi) is 2.76. The van der Waals surface area contributed by atoms with Crippen molar-refractivity contribution in [3.8, 4) is 0 Å². The van der Waals surface area contributed by atoms with Crippen LogP contribution in [0.4, 0.5) is 15.8 Å². The predicted molar refractivity (Wildman–Crippen MR) is 54.0 cm³/mol. The number of nitrogens with two attached hydrogens (primary N) is 2. The summed E-state index contributed by atoms with van der Waals surface area (Å²) in [6.07, 6.45) is 1.36. The minimum atomic E-state index is -0.364. The van der Waals surface area contributed by atoms with Crippen molar-refractivity contribution in [1.82, 2.24) is 0 Å². The molecule has 0 amide bonds. The molecule has 13 heavy (non-hydrogen) atoms. The molecule has 0 bridgehead atoms. The van der Waals surface area contributed by atoms with Crippen LogP contribution in [-0.2, 0) is 12.8 Å². The van der Waals surface area contributed by atoms with Crippen molar-refractivity contribution < 1.29 is 4.39 Å². The summed E-state index contributed by atoms with van der Waals surface area (Å²) in [5.74, 6) is -0.364. The van der Waals surface area contributed by atoms with Gasteiger partial charge in [-0.15, -0.1) is 0 Å². The molecule has 0 saturated heterocycles. The number of benzene rings is 1. The second-order valence-corrected chi connectivity index (χ2v) is 3.04. The molecule has 0 saturated carbocycles. The zero-order chi connectivity index (χ0) is 10.0. The average Bonchev–Trinajstić information content (AvgIpc) is 2.12. The first kappa shape index (κ1) is 9.84. The highest BCUT2D eigenvalue weighted by Crippen LogP contribution is 2.26. The normalized spacial score (nSPS) is 10.4. The van der Waals surface area contributed by atoms with E-state index >= 15 is 0 Å². The van der Waals surface area contributed by atoms with Gasteiger partial charge in [-0.1, -0.05) is 13.8 Å². The number of halogens is 1. The third-order valence-corrected chi connectivity index (χ3v) is 2.25. The summed E-state index contributed by atoms with van der Waals surface area (Å²) in [5.41, 5.74) is 13.5. The van der Waals surface area contributed by atoms with Crippen molar-refractivity contribution in [2.24, 2.45) is 0 Å². The Morgan fingerprint density at radius 1 is 1.23 bits per heavy atom. The average molecular weight is 182 g/mol. The maximum absolute atomic E-state index is 13.4. The number of rotatable bonds is 2. The van der Waals surface area contributed by atoms with Gasteiger partial charge in [-0.25, -0.2) is 4.39 Å². The predicted octanol–water partition coefficient (Wildman–Crippen LogP) is 2.11. The zero-order valence-corrected chi connectivity index (χ0v) is 8.02. The molecule has 1 aromatic rings. The molecule has 72 valence electrons. The van der Waals surface area contributed by atoms with Gasteiger partial charge in [0.05, 0.1) is 5.69 Å². The van der Waals surface area contributed by atoms with Gasteiger partial charge < -0.3 is 11.5 Å². The van der Waals surface area contributed by atoms with E-state index in [4.69, 9.17) is 11.5 Å². The van der Waals surface area contributed by atoms with Crippen molar-refractivity contribution in [2.45, 2.75) is 26.7 Å². The minimum absolute atomic E-state index is 0.197. The van der Waals surface area contributed by atoms with Crippen LogP contribution in [0.3, 0.4) is 0 Å². The summed E-state index contributed by atoms with van der Waals surface area (Å²) in [7, 11) is 0. The van der Waals surface area contributed by atoms with Gasteiger partial charge >= 0.3 is 0 Å². The van der Waals surface area contributed by atoms with Crippen LogP contribution in [0.2, 0.25) is 0 Å². The van der Waals surface area contributed by atoms with E-state index in [1.54, 1.807) is 6.07 Å². The maximum Gasteiger partial charge on any atom is 0.151 e. The summed E-state index contributed by atoms with van der Waals surface area (Å²) >= 11 is 0. The van der Waals surface area contributed by atoms with E-state index in [1.165, 1.54) is 0 Å². The van der Waals surface area contributed by atoms with Gasteiger partial charge in [0, 0.05) is 11.3 Å². The molecule has 0 aliphatic carbocycles. The Labute approximate surface area is 77.7 Å². The van der Waals surface area contributed by atoms with Gasteiger partial charge in [0.2, 0.25) is 0 Å². The fourth-order valence-electron chi connectivity index (χ4n) is 1.45. The van der Waals surface area contributed by atoms with Gasteiger partial charge in [0.1, 0.15) is 0 Å². The Balaban J connectivity index is 3.39. The lowest BCUT2D eigenvalue weighted by molar-refractivity contribution is 0.617. The first-order valence-corrected chi connectivity index (χ1v) is 4.47. The fraction of sp³-hybridized carbons (Fsp3) is 0.400. The quantitative estimate of drug-likeness (QED) is 0.688. The van der Waals surface area contributed by atoms with Crippen LogP contribution in [0, 0.1) is 5.82 Å². The molecule has 0 aliphatic rings. The van der Waals surface area contributed by atoms with Gasteiger partial charge in [-0.2, -0.15) is 0 Å². The Morgan fingerprint density at radius 3 is 2.31 bits per heavy atom. The summed E-state index contributed by atoms with van der Waals surface area (Å²) in [6.45, 7) is 3.84. The molecule has 4 N–H and O–H groups in total. The minimum Gasteiger partial charge on any atom is -0.398 e. The molecular formula is C10H15FN2. The lowest BCUT2D eigenvalue weighted by atomic mass is 10.0. The van der Waals surface area contributed by atoms with Crippen molar-refractivity contribution in [3.05, 3.63) is 23.0 Å². The van der Waals surface area contributed by atoms with Crippen molar-refractivity contribution >= 4 is 11.4 Å². The van der Waals surface area contributed by atoms with Gasteiger partial charge in [-0.05, 0) is 24.5 Å². The summed E-state index contributed by atoms with van der Waals surface area (Å²) in [4.78, 5) is 0. The first-order valence-electron chi connectivity index (χ1n) is 4.47. The highest BCUT2D eigenvalue weighted by molar-refractivity contribution is 5.62. The zero-order valence-electron chi connectivity index (χ0n) is 8.02. The molecule has 0 aliphatic heterocycles. The number of aryl methyl sites for hydroxylation is 1. The van der Waals surface area contributed by atoms with E-state index in [2.05, 4.69) is 0 Å². The van der Waals surface area contributed by atoms with Crippen molar-refractivity contribution in [1.29, 1.82) is 0 Å². The van der Waals surface area contributed by atoms with E-state index in [0.29, 0.717) is 17.7 Å². The van der Waals surface area contributed by atoms with Crippen LogP contribution >= 0.6 is 0 Å². The molecule has 0 spiro atoms. The van der Waals surface area contributed by atoms with Crippen LogP contribution in [0.1, 0.15) is 25.0 Å². The standard InChI is InChI=1S/C10H15FN2/c1-3-6-5-8(12)9(11)7(4-2)10(6)13/h5H,3-4,12-13H2,1-2H3. The van der Waals surface area contributed by atoms with Gasteiger partial charge in [-0.3, -0.25) is 0 Å². The number of hydrogen-bond acceptors (Lipinski definition) is 2. The summed E-state index contributed by atoms with van der Waals surface area (Å²) < 4.78 is 13.4. The SMILES string of the molecule is CCc1cc(N)c(F)c(CC)c1N. The molecule has 0 heterocycles. The van der Waals surface area contributed by atoms with E-state index in [1.807, 2.05) is 13.8 Å². The lowest BCUT2D eigenvalue weighted by Crippen LogP contribution is -2.05. The van der Waals surface area contributed by atoms with Crippen LogP contribution in [0.25, 0.3) is 0 Å². The van der Waals surface area contributed by atoms with E-state index in [0.717, 1.165) is 12.0 Å². The molecule has 0 unspecified atom stereocenters. The first-order chi connectivity index (χ1) is 6.11. The molecule has 0 aromatic heterocycles. The highest BCUT2D eigenvalue weighted by atomic mass is 19.1. The molecule has 3 heteroatoms. The number of hydrogen-bond donors (Lipinski definition) is 2. The fourth-order valence-corrected chi connectivity index (χ4v) is 1.45. The molecule has 0 fully saturated rings. The second-order valence-electron chi connectivity index (χ2n) is 3.04. The molecule has 1 aromatic carbocycles. The number of anilines is 2. The smallest absolute Gasteiger partial charge is 0.151 e. The Hall–Kier alpha value is -1.25. The van der Waals surface area contributed by atoms with Crippen molar-refractivity contribution in [3.63, 3.8) is 0 Å². The number of nitrogen functional groups attached to an aromatic ring is 2. The van der Waals surface area contributed by atoms with Crippen LogP contribution in [0.5, 0.6) is 0 Å². The largest absolute Gasteiger partial charge is 0.398 e. The van der Waals surface area contributed by atoms with E-state index < -0.39 is 0 Å². The molecule has 1 rings (SSSR count). The molecular weight excluding hydrogens is 167 g/mol. The van der Waals surface area contributed by atoms with Gasteiger partial charge in [0.15, 0.2) is 5.82 Å². The summed E-state index contributed by atoms with van der Waals surface area (Å²) in [6, 6.07) is 1.61. The van der Waals surface area contributed by atoms with Gasteiger partial charge in [0.25, 0.3) is 0 Å². The third-order valence-electron chi connectivity index (χ3n) is 2.25. The lowest BCUT2D eigenvalue weighted by Gasteiger charge is -2.11. The third kappa shape index (κ3) is 1.59. The van der Waals surface area contributed by atoms with Crippen LogP contribution in [0.15, 0.2) is 6.07 Å². The van der Waals surface area contributed by atoms with E-state index in [9.17, 15) is 4.39 Å². The Morgan fingerprint density at radius 2 is 1.85 bits per heavy atom. The topological polar surface area (TPSA) is 52.0 Å². The van der Waals surface area contributed by atoms with Crippen molar-refractivity contribution in [2.75, 3.05) is 11.5 Å². The highest BCUT2D eigenvalue weighted by Gasteiger charge is 2.11. The monoisotopic (exact) mass is 182 g/mol.